The van der Waals surface area contributed by atoms with Crippen LogP contribution in [-0.2, 0) is 0 Å². The maximum atomic E-state index is 6.03. The van der Waals surface area contributed by atoms with Crippen LogP contribution in [0.25, 0.3) is 5.70 Å². The molecule has 0 aliphatic carbocycles. The van der Waals surface area contributed by atoms with Crippen molar-refractivity contribution in [1.82, 2.24) is 4.98 Å². The number of nitrogens with two attached hydrogens (primary N) is 1. The molecule has 112 valence electrons. The van der Waals surface area contributed by atoms with E-state index in [1.807, 2.05) is 38.1 Å². The Hall–Kier alpha value is -1.08. The SMILES string of the molecule is CC.NC1=CCN=C(c2[c-]cc(Cl)cc2)c2ccncc21.[U]. The molecule has 3 nitrogen and oxygen atoms in total. The number of aliphatic imine (C=N–C) groups is 1. The van der Waals surface area contributed by atoms with E-state index in [9.17, 15) is 0 Å². The average Bonchev–Trinajstić information content (AvgIpc) is 2.70. The van der Waals surface area contributed by atoms with E-state index in [1.165, 1.54) is 0 Å². The smallest absolute Gasteiger partial charge is 0.0493 e. The van der Waals surface area contributed by atoms with E-state index < -0.39 is 0 Å². The number of halogens is 1. The van der Waals surface area contributed by atoms with E-state index >= 15 is 0 Å². The molecule has 2 N–H and O–H groups in total. The number of hydrogen-bond donors (Lipinski definition) is 1. The number of rotatable bonds is 1. The Morgan fingerprint density at radius 2 is 1.95 bits per heavy atom. The summed E-state index contributed by atoms with van der Waals surface area (Å²) in [7, 11) is 0. The van der Waals surface area contributed by atoms with E-state index in [0.29, 0.717) is 17.3 Å². The quantitative estimate of drug-likeness (QED) is 0.565. The van der Waals surface area contributed by atoms with Crippen molar-refractivity contribution in [2.24, 2.45) is 10.7 Å². The second kappa shape index (κ2) is 9.15. The maximum Gasteiger partial charge on any atom is 0.0493 e. The Labute approximate surface area is 160 Å². The largest absolute Gasteiger partial charge is 0.398 e. The van der Waals surface area contributed by atoms with Crippen LogP contribution in [0.15, 0.2) is 47.7 Å². The van der Waals surface area contributed by atoms with E-state index in [1.54, 1.807) is 18.5 Å². The van der Waals surface area contributed by atoms with Gasteiger partial charge in [0, 0.05) is 61.3 Å². The summed E-state index contributed by atoms with van der Waals surface area (Å²) in [6.45, 7) is 4.55. The molecule has 1 aromatic carbocycles. The zero-order valence-electron chi connectivity index (χ0n) is 12.6. The summed E-state index contributed by atoms with van der Waals surface area (Å²) < 4.78 is 0. The Balaban J connectivity index is 0.000000775. The molecule has 1 aliphatic rings. The molecule has 0 atom stereocenters. The van der Waals surface area contributed by atoms with Crippen molar-refractivity contribution in [2.75, 3.05) is 6.54 Å². The molecule has 0 radical (unpaired) electrons. The van der Waals surface area contributed by atoms with Gasteiger partial charge < -0.3 is 10.7 Å². The molecule has 1 aliphatic heterocycles. The molecule has 0 unspecified atom stereocenters. The molecule has 0 fully saturated rings. The van der Waals surface area contributed by atoms with Crippen LogP contribution in [0.5, 0.6) is 0 Å². The summed E-state index contributed by atoms with van der Waals surface area (Å²) in [5, 5.41) is 0.658. The number of nitrogens with zero attached hydrogens (tertiary/aromatic N) is 2. The van der Waals surface area contributed by atoms with Gasteiger partial charge in [-0.3, -0.25) is 4.98 Å². The van der Waals surface area contributed by atoms with Gasteiger partial charge in [-0.1, -0.05) is 13.8 Å². The zero-order chi connectivity index (χ0) is 15.2. The molecule has 22 heavy (non-hydrogen) atoms. The third-order valence-electron chi connectivity index (χ3n) is 2.98. The summed E-state index contributed by atoms with van der Waals surface area (Å²) >= 11 is 5.89. The van der Waals surface area contributed by atoms with Crippen molar-refractivity contribution in [2.45, 2.75) is 13.8 Å². The van der Waals surface area contributed by atoms with Crippen molar-refractivity contribution in [1.29, 1.82) is 0 Å². The van der Waals surface area contributed by atoms with Crippen LogP contribution in [-0.4, -0.2) is 17.2 Å². The average molecular weight is 537 g/mol. The molecule has 5 heteroatoms. The van der Waals surface area contributed by atoms with Crippen LogP contribution in [0.1, 0.15) is 30.5 Å². The fraction of sp³-hybridized carbons (Fsp3) is 0.176. The molecule has 0 saturated carbocycles. The maximum absolute atomic E-state index is 6.03. The predicted octanol–water partition coefficient (Wildman–Crippen LogP) is 3.71. The second-order valence-corrected chi connectivity index (χ2v) is 4.63. The molecule has 2 aromatic rings. The molecule has 0 bridgehead atoms. The van der Waals surface area contributed by atoms with Gasteiger partial charge in [-0.25, -0.2) is 0 Å². The van der Waals surface area contributed by atoms with E-state index in [4.69, 9.17) is 17.3 Å². The van der Waals surface area contributed by atoms with E-state index in [-0.39, 0.29) is 31.1 Å². The third kappa shape index (κ3) is 4.23. The first-order chi connectivity index (χ1) is 10.3. The Bertz CT molecular complexity index is 679. The van der Waals surface area contributed by atoms with Gasteiger partial charge in [0.05, 0.1) is 0 Å². The number of aromatic nitrogens is 1. The monoisotopic (exact) mass is 536 g/mol. The van der Waals surface area contributed by atoms with Crippen molar-refractivity contribution < 1.29 is 31.1 Å². The minimum atomic E-state index is 0. The fourth-order valence-electron chi connectivity index (χ4n) is 2.04. The Morgan fingerprint density at radius 3 is 2.64 bits per heavy atom. The van der Waals surface area contributed by atoms with Crippen LogP contribution in [0.3, 0.4) is 0 Å². The number of fused-ring (bicyclic) bond motifs is 1. The predicted molar refractivity (Wildman–Crippen MR) is 88.5 cm³/mol. The van der Waals surface area contributed by atoms with Gasteiger partial charge in [0.2, 0.25) is 0 Å². The first kappa shape index (κ1) is 19.0. The normalized spacial score (nSPS) is 12.5. The van der Waals surface area contributed by atoms with Gasteiger partial charge in [-0.15, -0.1) is 41.4 Å². The molecule has 1 aromatic heterocycles. The first-order valence-electron chi connectivity index (χ1n) is 6.88. The Morgan fingerprint density at radius 1 is 1.18 bits per heavy atom. The van der Waals surface area contributed by atoms with Crippen LogP contribution in [0.4, 0.5) is 0 Å². The Kier molecular flexibility index (Phi) is 7.89. The van der Waals surface area contributed by atoms with Crippen molar-refractivity contribution in [3.05, 3.63) is 70.5 Å². The summed E-state index contributed by atoms with van der Waals surface area (Å²) in [4.78, 5) is 8.70. The summed E-state index contributed by atoms with van der Waals surface area (Å²) in [5.74, 6) is 0. The molecule has 0 spiro atoms. The topological polar surface area (TPSA) is 51.3 Å². The van der Waals surface area contributed by atoms with Crippen LogP contribution < -0.4 is 5.73 Å². The van der Waals surface area contributed by atoms with Gasteiger partial charge in [0.1, 0.15) is 0 Å². The molecular weight excluding hydrogens is 520 g/mol. The van der Waals surface area contributed by atoms with Crippen LogP contribution in [0.2, 0.25) is 5.02 Å². The van der Waals surface area contributed by atoms with Gasteiger partial charge in [0.25, 0.3) is 0 Å². The molecule has 0 amide bonds. The summed E-state index contributed by atoms with van der Waals surface area (Å²) in [5.41, 5.74) is 10.4. The van der Waals surface area contributed by atoms with Crippen LogP contribution >= 0.6 is 11.6 Å². The van der Waals surface area contributed by atoms with Crippen molar-refractivity contribution >= 4 is 23.0 Å². The number of pyridine rings is 1. The van der Waals surface area contributed by atoms with Crippen molar-refractivity contribution in [3.63, 3.8) is 0 Å². The minimum absolute atomic E-state index is 0. The molecular formula is C17H17ClN3U-. The second-order valence-electron chi connectivity index (χ2n) is 4.19. The van der Waals surface area contributed by atoms with Gasteiger partial charge in [-0.05, 0) is 28.4 Å². The van der Waals surface area contributed by atoms with Gasteiger partial charge >= 0.3 is 0 Å². The molecule has 2 heterocycles. The number of hydrogen-bond acceptors (Lipinski definition) is 3. The zero-order valence-corrected chi connectivity index (χ0v) is 17.5. The van der Waals surface area contributed by atoms with Crippen molar-refractivity contribution in [3.8, 4) is 0 Å². The minimum Gasteiger partial charge on any atom is -0.398 e. The van der Waals surface area contributed by atoms with E-state index in [0.717, 1.165) is 22.4 Å². The third-order valence-corrected chi connectivity index (χ3v) is 3.21. The summed E-state index contributed by atoms with van der Waals surface area (Å²) in [6, 6.07) is 10.5. The van der Waals surface area contributed by atoms with Gasteiger partial charge in [-0.2, -0.15) is 0 Å². The molecule has 3 rings (SSSR count). The first-order valence-corrected chi connectivity index (χ1v) is 7.26. The number of benzene rings is 1. The fourth-order valence-corrected chi connectivity index (χ4v) is 2.16. The van der Waals surface area contributed by atoms with Gasteiger partial charge in [0.15, 0.2) is 0 Å². The molecule has 0 saturated heterocycles. The standard InChI is InChI=1S/C15H11ClN3.C2H6.U/c16-11-3-1-10(2-4-11)15-12-5-7-18-9-13(12)14(17)6-8-19-15;1-2;/h1,3-7,9H,8,17H2;1-2H3;/q-1;;. The summed E-state index contributed by atoms with van der Waals surface area (Å²) in [6.07, 6.45) is 5.39. The van der Waals surface area contributed by atoms with E-state index in [2.05, 4.69) is 16.0 Å². The van der Waals surface area contributed by atoms with Crippen LogP contribution in [0, 0.1) is 37.2 Å².